The summed E-state index contributed by atoms with van der Waals surface area (Å²) in [6, 6.07) is 17.3. The molecular weight excluding hydrogens is 306 g/mol. The molecule has 2 aliphatic carbocycles. The van der Waals surface area contributed by atoms with E-state index in [2.05, 4.69) is 4.72 Å². The van der Waals surface area contributed by atoms with Crippen molar-refractivity contribution in [2.45, 2.75) is 36.6 Å². The minimum absolute atomic E-state index is 0.147. The van der Waals surface area contributed by atoms with Gasteiger partial charge in [0.1, 0.15) is 0 Å². The first kappa shape index (κ1) is 14.9. The highest BCUT2D eigenvalue weighted by atomic mass is 32.2. The Bertz CT molecular complexity index is 764. The molecule has 0 saturated heterocycles. The largest absolute Gasteiger partial charge is 0.240 e. The van der Waals surface area contributed by atoms with E-state index in [4.69, 9.17) is 0 Å². The van der Waals surface area contributed by atoms with Crippen LogP contribution in [0.4, 0.5) is 0 Å². The van der Waals surface area contributed by atoms with Crippen LogP contribution in [0.3, 0.4) is 0 Å². The van der Waals surface area contributed by atoms with Crippen molar-refractivity contribution >= 4 is 10.0 Å². The van der Waals surface area contributed by atoms with Crippen LogP contribution in [0, 0.1) is 11.8 Å². The van der Waals surface area contributed by atoms with Gasteiger partial charge in [-0.05, 0) is 60.8 Å². The van der Waals surface area contributed by atoms with E-state index in [1.807, 2.05) is 42.5 Å². The summed E-state index contributed by atoms with van der Waals surface area (Å²) >= 11 is 0. The van der Waals surface area contributed by atoms with Crippen molar-refractivity contribution in [1.29, 1.82) is 0 Å². The second-order valence-electron chi connectivity index (χ2n) is 6.71. The van der Waals surface area contributed by atoms with Gasteiger partial charge in [0.25, 0.3) is 0 Å². The lowest BCUT2D eigenvalue weighted by Crippen LogP contribution is -2.38. The molecule has 3 nitrogen and oxygen atoms in total. The lowest BCUT2D eigenvalue weighted by molar-refractivity contribution is 0.471. The summed E-state index contributed by atoms with van der Waals surface area (Å²) in [5.41, 5.74) is 2.13. The quantitative estimate of drug-likeness (QED) is 0.876. The van der Waals surface area contributed by atoms with Gasteiger partial charge < -0.3 is 0 Å². The monoisotopic (exact) mass is 327 g/mol. The molecule has 0 bridgehead atoms. The summed E-state index contributed by atoms with van der Waals surface area (Å²) in [4.78, 5) is 0.364. The molecule has 0 amide bonds. The van der Waals surface area contributed by atoms with Crippen molar-refractivity contribution in [1.82, 2.24) is 4.72 Å². The molecule has 0 aromatic heterocycles. The number of rotatable bonds is 6. The van der Waals surface area contributed by atoms with Crippen molar-refractivity contribution in [3.05, 3.63) is 54.6 Å². The van der Waals surface area contributed by atoms with Gasteiger partial charge in [0.2, 0.25) is 10.0 Å². The van der Waals surface area contributed by atoms with Gasteiger partial charge in [-0.2, -0.15) is 0 Å². The molecule has 0 aliphatic heterocycles. The molecule has 23 heavy (non-hydrogen) atoms. The Morgan fingerprint density at radius 2 is 1.30 bits per heavy atom. The van der Waals surface area contributed by atoms with E-state index in [-0.39, 0.29) is 6.04 Å². The Hall–Kier alpha value is -1.65. The maximum Gasteiger partial charge on any atom is 0.240 e. The molecular formula is C19H21NO2S. The van der Waals surface area contributed by atoms with Gasteiger partial charge in [-0.15, -0.1) is 0 Å². The van der Waals surface area contributed by atoms with Crippen LogP contribution in [-0.2, 0) is 10.0 Å². The van der Waals surface area contributed by atoms with Gasteiger partial charge in [0.05, 0.1) is 4.90 Å². The van der Waals surface area contributed by atoms with E-state index in [1.54, 1.807) is 12.1 Å². The first-order valence-electron chi connectivity index (χ1n) is 8.31. The van der Waals surface area contributed by atoms with Crippen LogP contribution < -0.4 is 4.72 Å². The molecule has 0 atom stereocenters. The van der Waals surface area contributed by atoms with Crippen LogP contribution in [0.15, 0.2) is 59.5 Å². The van der Waals surface area contributed by atoms with Crippen LogP contribution in [0.2, 0.25) is 0 Å². The minimum atomic E-state index is -3.42. The van der Waals surface area contributed by atoms with E-state index in [9.17, 15) is 8.42 Å². The molecule has 0 heterocycles. The molecule has 120 valence electrons. The normalized spacial score (nSPS) is 18.3. The van der Waals surface area contributed by atoms with E-state index in [0.29, 0.717) is 16.7 Å². The van der Waals surface area contributed by atoms with Gasteiger partial charge in [-0.1, -0.05) is 42.5 Å². The van der Waals surface area contributed by atoms with Crippen LogP contribution in [0.1, 0.15) is 25.7 Å². The summed E-state index contributed by atoms with van der Waals surface area (Å²) in [7, 11) is -3.42. The predicted molar refractivity (Wildman–Crippen MR) is 91.4 cm³/mol. The Kier molecular flexibility index (Phi) is 3.74. The van der Waals surface area contributed by atoms with Crippen LogP contribution in [0.25, 0.3) is 11.1 Å². The highest BCUT2D eigenvalue weighted by molar-refractivity contribution is 7.89. The highest BCUT2D eigenvalue weighted by Gasteiger charge is 2.43. The lowest BCUT2D eigenvalue weighted by Gasteiger charge is -2.17. The molecule has 2 aromatic carbocycles. The Balaban J connectivity index is 1.54. The van der Waals surface area contributed by atoms with Crippen LogP contribution in [0.5, 0.6) is 0 Å². The Labute approximate surface area is 137 Å². The third-order valence-corrected chi connectivity index (χ3v) is 6.30. The maximum atomic E-state index is 12.6. The van der Waals surface area contributed by atoms with E-state index in [1.165, 1.54) is 0 Å². The van der Waals surface area contributed by atoms with E-state index >= 15 is 0 Å². The molecule has 0 unspecified atom stereocenters. The average molecular weight is 327 g/mol. The summed E-state index contributed by atoms with van der Waals surface area (Å²) in [6.07, 6.45) is 4.65. The highest BCUT2D eigenvalue weighted by Crippen LogP contribution is 2.45. The maximum absolute atomic E-state index is 12.6. The Morgan fingerprint density at radius 1 is 0.783 bits per heavy atom. The molecule has 4 heteroatoms. The summed E-state index contributed by atoms with van der Waals surface area (Å²) in [6.45, 7) is 0. The summed E-state index contributed by atoms with van der Waals surface area (Å²) in [5, 5.41) is 0. The number of hydrogen-bond donors (Lipinski definition) is 1. The predicted octanol–water partition coefficient (Wildman–Crippen LogP) is 3.82. The lowest BCUT2D eigenvalue weighted by atomic mass is 10.1. The fourth-order valence-electron chi connectivity index (χ4n) is 3.19. The van der Waals surface area contributed by atoms with Crippen LogP contribution >= 0.6 is 0 Å². The molecule has 0 spiro atoms. The molecule has 2 aliphatic rings. The topological polar surface area (TPSA) is 46.2 Å². The van der Waals surface area contributed by atoms with Crippen molar-refractivity contribution in [3.8, 4) is 11.1 Å². The standard InChI is InChI=1S/C19H21NO2S/c21-23(22,20-19(16-6-7-16)17-8-9-17)18-12-10-15(11-13-18)14-4-2-1-3-5-14/h1-5,10-13,16-17,19-20H,6-9H2. The first-order valence-corrected chi connectivity index (χ1v) is 9.80. The van der Waals surface area contributed by atoms with E-state index < -0.39 is 10.0 Å². The van der Waals surface area contributed by atoms with Gasteiger partial charge in [0.15, 0.2) is 0 Å². The number of benzene rings is 2. The second kappa shape index (κ2) is 5.77. The van der Waals surface area contributed by atoms with Gasteiger partial charge in [0, 0.05) is 6.04 Å². The number of nitrogens with one attached hydrogen (secondary N) is 1. The Morgan fingerprint density at radius 3 is 1.83 bits per heavy atom. The number of hydrogen-bond acceptors (Lipinski definition) is 2. The SMILES string of the molecule is O=S(=O)(NC(C1CC1)C1CC1)c1ccc(-c2ccccc2)cc1. The van der Waals surface area contributed by atoms with Gasteiger partial charge >= 0.3 is 0 Å². The molecule has 2 aromatic rings. The van der Waals surface area contributed by atoms with Crippen LogP contribution in [-0.4, -0.2) is 14.5 Å². The average Bonchev–Trinajstić information content (AvgIpc) is 3.47. The zero-order chi connectivity index (χ0) is 15.9. The smallest absolute Gasteiger partial charge is 0.208 e. The number of sulfonamides is 1. The molecule has 2 saturated carbocycles. The fourth-order valence-corrected chi connectivity index (χ4v) is 4.57. The molecule has 0 radical (unpaired) electrons. The van der Waals surface area contributed by atoms with E-state index in [0.717, 1.165) is 36.8 Å². The minimum Gasteiger partial charge on any atom is -0.208 e. The zero-order valence-electron chi connectivity index (χ0n) is 13.0. The second-order valence-corrected chi connectivity index (χ2v) is 8.43. The molecule has 2 fully saturated rings. The van der Waals surface area contributed by atoms with Gasteiger partial charge in [-0.3, -0.25) is 0 Å². The van der Waals surface area contributed by atoms with Gasteiger partial charge in [-0.25, -0.2) is 13.1 Å². The third-order valence-electron chi connectivity index (χ3n) is 4.82. The third kappa shape index (κ3) is 3.33. The molecule has 1 N–H and O–H groups in total. The fraction of sp³-hybridized carbons (Fsp3) is 0.368. The van der Waals surface area contributed by atoms with Crippen molar-refractivity contribution in [2.75, 3.05) is 0 Å². The first-order chi connectivity index (χ1) is 11.1. The summed E-state index contributed by atoms with van der Waals surface area (Å²) < 4.78 is 28.3. The summed E-state index contributed by atoms with van der Waals surface area (Å²) in [5.74, 6) is 1.11. The molecule has 4 rings (SSSR count). The zero-order valence-corrected chi connectivity index (χ0v) is 13.8. The van der Waals surface area contributed by atoms with Crippen molar-refractivity contribution in [3.63, 3.8) is 0 Å². The van der Waals surface area contributed by atoms with Crippen molar-refractivity contribution < 1.29 is 8.42 Å². The van der Waals surface area contributed by atoms with Crippen molar-refractivity contribution in [2.24, 2.45) is 11.8 Å².